The van der Waals surface area contributed by atoms with Crippen LogP contribution >= 0.6 is 0 Å². The van der Waals surface area contributed by atoms with Gasteiger partial charge in [-0.25, -0.2) is 0 Å². The largest absolute Gasteiger partial charge is 0.289 e. The first kappa shape index (κ1) is 12.5. The Labute approximate surface area is 117 Å². The molecule has 0 N–H and O–H groups in total. The van der Waals surface area contributed by atoms with Crippen molar-refractivity contribution in [2.45, 2.75) is 12.8 Å². The van der Waals surface area contributed by atoms with Crippen LogP contribution in [0.1, 0.15) is 24.0 Å². The van der Waals surface area contributed by atoms with E-state index in [0.717, 1.165) is 35.1 Å². The van der Waals surface area contributed by atoms with Crippen LogP contribution in [0.3, 0.4) is 0 Å². The first-order valence-corrected chi connectivity index (χ1v) is 6.59. The molecule has 0 amide bonds. The topological polar surface area (TPSA) is 42.9 Å². The third kappa shape index (κ3) is 2.72. The normalized spacial score (nSPS) is 18.9. The van der Waals surface area contributed by atoms with Crippen LogP contribution in [0.25, 0.3) is 12.2 Å². The summed E-state index contributed by atoms with van der Waals surface area (Å²) >= 11 is 0. The van der Waals surface area contributed by atoms with E-state index in [2.05, 4.69) is 9.97 Å². The summed E-state index contributed by atoms with van der Waals surface area (Å²) in [5.74, 6) is 0.152. The lowest BCUT2D eigenvalue weighted by atomic mass is 10.1. The van der Waals surface area contributed by atoms with Gasteiger partial charge in [-0.05, 0) is 60.4 Å². The van der Waals surface area contributed by atoms with Gasteiger partial charge in [0.2, 0.25) is 0 Å². The molecule has 0 bridgehead atoms. The Morgan fingerprint density at radius 2 is 1.15 bits per heavy atom. The molecule has 2 aromatic rings. The van der Waals surface area contributed by atoms with Crippen LogP contribution in [0, 0.1) is 0 Å². The molecule has 2 aromatic heterocycles. The van der Waals surface area contributed by atoms with Gasteiger partial charge in [0, 0.05) is 35.9 Å². The fourth-order valence-electron chi connectivity index (χ4n) is 2.30. The van der Waals surface area contributed by atoms with Gasteiger partial charge < -0.3 is 0 Å². The molecule has 0 radical (unpaired) electrons. The van der Waals surface area contributed by atoms with Gasteiger partial charge in [0.15, 0.2) is 5.78 Å². The Morgan fingerprint density at radius 1 is 0.750 bits per heavy atom. The van der Waals surface area contributed by atoms with Gasteiger partial charge >= 0.3 is 0 Å². The number of pyridine rings is 2. The highest BCUT2D eigenvalue weighted by Crippen LogP contribution is 2.29. The SMILES string of the molecule is O=C1/C(=C\c2ccncc2)CC/C1=C/c1ccncc1. The predicted octanol–water partition coefficient (Wildman–Crippen LogP) is 3.31. The summed E-state index contributed by atoms with van der Waals surface area (Å²) < 4.78 is 0. The van der Waals surface area contributed by atoms with Crippen LogP contribution in [-0.4, -0.2) is 15.8 Å². The number of hydrogen-bond acceptors (Lipinski definition) is 3. The number of carbonyl (C=O) groups excluding carboxylic acids is 1. The molecule has 0 atom stereocenters. The Kier molecular flexibility index (Phi) is 3.50. The van der Waals surface area contributed by atoms with E-state index in [9.17, 15) is 4.79 Å². The maximum Gasteiger partial charge on any atom is 0.185 e. The van der Waals surface area contributed by atoms with Crippen molar-refractivity contribution in [2.75, 3.05) is 0 Å². The second-order valence-corrected chi connectivity index (χ2v) is 4.73. The Bertz CT molecular complexity index is 613. The van der Waals surface area contributed by atoms with Gasteiger partial charge in [-0.1, -0.05) is 0 Å². The number of aromatic nitrogens is 2. The number of Topliss-reactive ketones (excluding diaryl/α,β-unsaturated/α-hetero) is 1. The molecule has 2 heterocycles. The molecule has 0 aromatic carbocycles. The summed E-state index contributed by atoms with van der Waals surface area (Å²) in [6.45, 7) is 0. The van der Waals surface area contributed by atoms with Crippen molar-refractivity contribution in [2.24, 2.45) is 0 Å². The lowest BCUT2D eigenvalue weighted by Gasteiger charge is -1.97. The van der Waals surface area contributed by atoms with E-state index in [0.29, 0.717) is 0 Å². The number of allylic oxidation sites excluding steroid dienone is 2. The van der Waals surface area contributed by atoms with Gasteiger partial charge in [-0.15, -0.1) is 0 Å². The van der Waals surface area contributed by atoms with E-state index in [-0.39, 0.29) is 5.78 Å². The zero-order valence-electron chi connectivity index (χ0n) is 11.0. The average molecular weight is 262 g/mol. The van der Waals surface area contributed by atoms with Gasteiger partial charge in [-0.3, -0.25) is 14.8 Å². The maximum atomic E-state index is 12.3. The number of hydrogen-bond donors (Lipinski definition) is 0. The van der Waals surface area contributed by atoms with E-state index in [4.69, 9.17) is 0 Å². The molecule has 20 heavy (non-hydrogen) atoms. The van der Waals surface area contributed by atoms with Crippen molar-refractivity contribution in [3.63, 3.8) is 0 Å². The lowest BCUT2D eigenvalue weighted by Crippen LogP contribution is -1.95. The summed E-state index contributed by atoms with van der Waals surface area (Å²) in [7, 11) is 0. The second-order valence-electron chi connectivity index (χ2n) is 4.73. The van der Waals surface area contributed by atoms with Gasteiger partial charge in [0.05, 0.1) is 0 Å². The lowest BCUT2D eigenvalue weighted by molar-refractivity contribution is -0.111. The molecule has 98 valence electrons. The van der Waals surface area contributed by atoms with Crippen molar-refractivity contribution >= 4 is 17.9 Å². The first-order chi connectivity index (χ1) is 9.83. The molecule has 1 aliphatic rings. The van der Waals surface area contributed by atoms with Crippen molar-refractivity contribution < 1.29 is 4.79 Å². The Hall–Kier alpha value is -2.55. The molecular weight excluding hydrogens is 248 g/mol. The molecule has 3 heteroatoms. The minimum Gasteiger partial charge on any atom is -0.289 e. The smallest absolute Gasteiger partial charge is 0.185 e. The third-order valence-electron chi connectivity index (χ3n) is 3.34. The number of ketones is 1. The fourth-order valence-corrected chi connectivity index (χ4v) is 2.30. The molecule has 0 spiro atoms. The van der Waals surface area contributed by atoms with Crippen molar-refractivity contribution in [1.29, 1.82) is 0 Å². The average Bonchev–Trinajstić information content (AvgIpc) is 2.83. The van der Waals surface area contributed by atoms with Crippen LogP contribution in [-0.2, 0) is 4.79 Å². The summed E-state index contributed by atoms with van der Waals surface area (Å²) in [6.07, 6.45) is 12.5. The molecule has 1 saturated carbocycles. The van der Waals surface area contributed by atoms with Gasteiger partial charge in [-0.2, -0.15) is 0 Å². The molecule has 0 unspecified atom stereocenters. The molecule has 1 aliphatic carbocycles. The van der Waals surface area contributed by atoms with E-state index in [1.165, 1.54) is 0 Å². The summed E-state index contributed by atoms with van der Waals surface area (Å²) in [5.41, 5.74) is 3.79. The van der Waals surface area contributed by atoms with E-state index >= 15 is 0 Å². The summed E-state index contributed by atoms with van der Waals surface area (Å²) in [6, 6.07) is 7.63. The van der Waals surface area contributed by atoms with Crippen LogP contribution in [0.5, 0.6) is 0 Å². The van der Waals surface area contributed by atoms with Crippen LogP contribution in [0.4, 0.5) is 0 Å². The quantitative estimate of drug-likeness (QED) is 0.780. The predicted molar refractivity (Wildman–Crippen MR) is 78.7 cm³/mol. The van der Waals surface area contributed by atoms with Crippen molar-refractivity contribution in [3.8, 4) is 0 Å². The Balaban J connectivity index is 1.85. The van der Waals surface area contributed by atoms with Crippen LogP contribution < -0.4 is 0 Å². The van der Waals surface area contributed by atoms with Crippen LogP contribution in [0.2, 0.25) is 0 Å². The number of carbonyl (C=O) groups is 1. The standard InChI is InChI=1S/C17H14N2O/c20-17-15(11-13-3-7-18-8-4-13)1-2-16(17)12-14-5-9-19-10-6-14/h3-12H,1-2H2/b15-11-,16-12-. The summed E-state index contributed by atoms with van der Waals surface area (Å²) in [4.78, 5) is 20.3. The maximum absolute atomic E-state index is 12.3. The van der Waals surface area contributed by atoms with Gasteiger partial charge in [0.25, 0.3) is 0 Å². The zero-order chi connectivity index (χ0) is 13.8. The van der Waals surface area contributed by atoms with Crippen molar-refractivity contribution in [1.82, 2.24) is 9.97 Å². The highest BCUT2D eigenvalue weighted by molar-refractivity contribution is 6.15. The minimum absolute atomic E-state index is 0.152. The van der Waals surface area contributed by atoms with Crippen molar-refractivity contribution in [3.05, 3.63) is 71.3 Å². The highest BCUT2D eigenvalue weighted by atomic mass is 16.1. The molecule has 3 rings (SSSR count). The Morgan fingerprint density at radius 3 is 1.55 bits per heavy atom. The minimum atomic E-state index is 0.152. The zero-order valence-corrected chi connectivity index (χ0v) is 11.0. The number of nitrogens with zero attached hydrogens (tertiary/aromatic N) is 2. The van der Waals surface area contributed by atoms with E-state index in [1.54, 1.807) is 24.8 Å². The molecule has 0 saturated heterocycles. The molecule has 1 fully saturated rings. The third-order valence-corrected chi connectivity index (χ3v) is 3.34. The fraction of sp³-hybridized carbons (Fsp3) is 0.118. The molecule has 3 nitrogen and oxygen atoms in total. The molecule has 0 aliphatic heterocycles. The molecular formula is C17H14N2O. The number of rotatable bonds is 2. The van der Waals surface area contributed by atoms with E-state index < -0.39 is 0 Å². The van der Waals surface area contributed by atoms with Gasteiger partial charge in [0.1, 0.15) is 0 Å². The highest BCUT2D eigenvalue weighted by Gasteiger charge is 2.22. The summed E-state index contributed by atoms with van der Waals surface area (Å²) in [5, 5.41) is 0. The van der Waals surface area contributed by atoms with E-state index in [1.807, 2.05) is 36.4 Å². The van der Waals surface area contributed by atoms with Crippen LogP contribution in [0.15, 0.2) is 60.2 Å². The second kappa shape index (κ2) is 5.61. The monoisotopic (exact) mass is 262 g/mol. The first-order valence-electron chi connectivity index (χ1n) is 6.59.